The molecule has 2 aromatic heterocycles. The van der Waals surface area contributed by atoms with Crippen molar-refractivity contribution in [2.24, 2.45) is 9.98 Å². The Morgan fingerprint density at radius 3 is 2.36 bits per heavy atom. The number of benzene rings is 3. The summed E-state index contributed by atoms with van der Waals surface area (Å²) >= 11 is 0. The van der Waals surface area contributed by atoms with E-state index in [1.165, 1.54) is 11.1 Å². The number of para-hydroxylation sites is 2. The first-order valence-corrected chi connectivity index (χ1v) is 13.0. The third-order valence-corrected chi connectivity index (χ3v) is 7.22. The Labute approximate surface area is 227 Å². The number of rotatable bonds is 3. The van der Waals surface area contributed by atoms with E-state index in [9.17, 15) is 0 Å². The van der Waals surface area contributed by atoms with Crippen LogP contribution in [0.2, 0.25) is 0 Å². The van der Waals surface area contributed by atoms with Crippen molar-refractivity contribution in [3.05, 3.63) is 125 Å². The zero-order valence-corrected chi connectivity index (χ0v) is 22.0. The summed E-state index contributed by atoms with van der Waals surface area (Å²) in [5.74, 6) is 2.25. The van der Waals surface area contributed by atoms with Crippen molar-refractivity contribution < 1.29 is 0 Å². The van der Waals surface area contributed by atoms with Gasteiger partial charge >= 0.3 is 0 Å². The molecule has 4 heterocycles. The summed E-state index contributed by atoms with van der Waals surface area (Å²) in [6.07, 6.45) is 3.69. The van der Waals surface area contributed by atoms with Crippen LogP contribution < -0.4 is 10.2 Å². The number of pyridine rings is 1. The Balaban J connectivity index is 1.49. The second-order valence-corrected chi connectivity index (χ2v) is 10.0. The molecule has 3 aromatic carbocycles. The standard InChI is InChI=1S/C32H27N7/c1-20-11-13-25(14-12-20)39-31-28(22(3)37-39)29(23-15-17-33-18-16-23)38-27-10-5-4-9-26(27)35-30(32(38)36-31)34-24-8-6-7-21(2)19-24/h4-19,29H,1-3H3,(H,34,35)/t29-/m1/s1. The molecule has 5 aromatic rings. The average Bonchev–Trinajstić information content (AvgIpc) is 3.29. The van der Waals surface area contributed by atoms with Crippen molar-refractivity contribution in [2.45, 2.75) is 26.8 Å². The summed E-state index contributed by atoms with van der Waals surface area (Å²) in [7, 11) is 0. The van der Waals surface area contributed by atoms with Crippen molar-refractivity contribution in [2.75, 3.05) is 10.2 Å². The van der Waals surface area contributed by atoms with Gasteiger partial charge in [-0.25, -0.2) is 14.7 Å². The molecule has 0 spiro atoms. The highest BCUT2D eigenvalue weighted by molar-refractivity contribution is 6.51. The zero-order chi connectivity index (χ0) is 26.5. The summed E-state index contributed by atoms with van der Waals surface area (Å²) in [6, 6.07) is 28.9. The van der Waals surface area contributed by atoms with E-state index in [1.807, 2.05) is 41.3 Å². The van der Waals surface area contributed by atoms with E-state index < -0.39 is 0 Å². The highest BCUT2D eigenvalue weighted by Crippen LogP contribution is 2.48. The first kappa shape index (κ1) is 23.1. The number of nitrogens with one attached hydrogen (secondary N) is 1. The molecular formula is C32H27N7. The summed E-state index contributed by atoms with van der Waals surface area (Å²) < 4.78 is 1.95. The topological polar surface area (TPSA) is 70.7 Å². The number of aryl methyl sites for hydroxylation is 3. The lowest BCUT2D eigenvalue weighted by molar-refractivity contribution is 0.813. The van der Waals surface area contributed by atoms with Crippen LogP contribution in [0.3, 0.4) is 0 Å². The number of aliphatic imine (C=N–C) groups is 2. The molecule has 0 amide bonds. The Kier molecular flexibility index (Phi) is 5.37. The van der Waals surface area contributed by atoms with Gasteiger partial charge in [0.2, 0.25) is 0 Å². The Morgan fingerprint density at radius 1 is 0.769 bits per heavy atom. The average molecular weight is 510 g/mol. The quantitative estimate of drug-likeness (QED) is 0.285. The molecule has 2 aliphatic rings. The fourth-order valence-electron chi connectivity index (χ4n) is 5.38. The van der Waals surface area contributed by atoms with Crippen molar-refractivity contribution in [1.29, 1.82) is 0 Å². The van der Waals surface area contributed by atoms with Crippen LogP contribution in [0.15, 0.2) is 107 Å². The molecule has 39 heavy (non-hydrogen) atoms. The van der Waals surface area contributed by atoms with Gasteiger partial charge in [0.25, 0.3) is 0 Å². The molecule has 2 aliphatic heterocycles. The van der Waals surface area contributed by atoms with Crippen LogP contribution in [0.4, 0.5) is 22.9 Å². The van der Waals surface area contributed by atoms with Crippen molar-refractivity contribution in [3.63, 3.8) is 0 Å². The molecule has 0 fully saturated rings. The van der Waals surface area contributed by atoms with Crippen LogP contribution in [0.25, 0.3) is 5.69 Å². The minimum atomic E-state index is -0.166. The molecule has 0 saturated carbocycles. The van der Waals surface area contributed by atoms with E-state index in [-0.39, 0.29) is 6.04 Å². The third-order valence-electron chi connectivity index (χ3n) is 7.22. The van der Waals surface area contributed by atoms with E-state index in [1.54, 1.807) is 0 Å². The minimum absolute atomic E-state index is 0.166. The minimum Gasteiger partial charge on any atom is -0.337 e. The van der Waals surface area contributed by atoms with Crippen molar-refractivity contribution >= 4 is 34.6 Å². The second kappa shape index (κ2) is 9.06. The van der Waals surface area contributed by atoms with Crippen LogP contribution in [0, 0.1) is 20.8 Å². The molecule has 0 radical (unpaired) electrons. The third kappa shape index (κ3) is 3.90. The van der Waals surface area contributed by atoms with Gasteiger partial charge in [0, 0.05) is 23.6 Å². The Morgan fingerprint density at radius 2 is 1.56 bits per heavy atom. The number of hydrogen-bond donors (Lipinski definition) is 1. The fraction of sp³-hybridized carbons (Fsp3) is 0.125. The van der Waals surface area contributed by atoms with Crippen LogP contribution >= 0.6 is 0 Å². The molecule has 0 bridgehead atoms. The van der Waals surface area contributed by atoms with Crippen molar-refractivity contribution in [3.8, 4) is 5.69 Å². The molecule has 1 atom stereocenters. The van der Waals surface area contributed by atoms with Gasteiger partial charge in [0.1, 0.15) is 0 Å². The number of aromatic nitrogens is 3. The number of anilines is 2. The number of nitrogens with zero attached hydrogens (tertiary/aromatic N) is 6. The monoisotopic (exact) mass is 509 g/mol. The largest absolute Gasteiger partial charge is 0.337 e. The summed E-state index contributed by atoms with van der Waals surface area (Å²) in [6.45, 7) is 6.24. The van der Waals surface area contributed by atoms with Gasteiger partial charge in [0.15, 0.2) is 17.5 Å². The molecule has 0 saturated heterocycles. The molecule has 0 aliphatic carbocycles. The van der Waals surface area contributed by atoms with Gasteiger partial charge in [-0.2, -0.15) is 5.10 Å². The highest BCUT2D eigenvalue weighted by atomic mass is 15.4. The number of amidine groups is 2. The van der Waals surface area contributed by atoms with E-state index in [0.717, 1.165) is 51.2 Å². The van der Waals surface area contributed by atoms with Crippen LogP contribution in [0.1, 0.15) is 34.0 Å². The van der Waals surface area contributed by atoms with Gasteiger partial charge in [-0.15, -0.1) is 0 Å². The Bertz CT molecular complexity index is 1760. The number of hydrogen-bond acceptors (Lipinski definition) is 6. The fourth-order valence-corrected chi connectivity index (χ4v) is 5.38. The van der Waals surface area contributed by atoms with Crippen molar-refractivity contribution in [1.82, 2.24) is 14.8 Å². The maximum absolute atomic E-state index is 5.30. The maximum Gasteiger partial charge on any atom is 0.179 e. The predicted molar refractivity (Wildman–Crippen MR) is 157 cm³/mol. The molecular weight excluding hydrogens is 482 g/mol. The predicted octanol–water partition coefficient (Wildman–Crippen LogP) is 6.99. The van der Waals surface area contributed by atoms with E-state index >= 15 is 0 Å². The van der Waals surface area contributed by atoms with Gasteiger partial charge in [-0.05, 0) is 80.4 Å². The van der Waals surface area contributed by atoms with E-state index in [2.05, 4.69) is 96.6 Å². The molecule has 1 N–H and O–H groups in total. The maximum atomic E-state index is 5.30. The SMILES string of the molecule is Cc1ccc(-n2nc(C)c3c2N=C2C(Nc4cccc(C)c4)=Nc4ccccc4N2[C@@H]3c2ccncc2)cc1. The van der Waals surface area contributed by atoms with Gasteiger partial charge < -0.3 is 10.2 Å². The molecule has 7 rings (SSSR count). The van der Waals surface area contributed by atoms with Gasteiger partial charge in [-0.3, -0.25) is 4.98 Å². The normalized spacial score (nSPS) is 15.6. The molecule has 7 heteroatoms. The van der Waals surface area contributed by atoms with Gasteiger partial charge in [-0.1, -0.05) is 42.0 Å². The summed E-state index contributed by atoms with van der Waals surface area (Å²) in [4.78, 5) is 16.9. The molecule has 7 nitrogen and oxygen atoms in total. The smallest absolute Gasteiger partial charge is 0.179 e. The summed E-state index contributed by atoms with van der Waals surface area (Å²) in [5.41, 5.74) is 9.30. The van der Waals surface area contributed by atoms with E-state index in [0.29, 0.717) is 5.84 Å². The lowest BCUT2D eigenvalue weighted by Crippen LogP contribution is -2.46. The van der Waals surface area contributed by atoms with Crippen LogP contribution in [-0.4, -0.2) is 26.4 Å². The first-order chi connectivity index (χ1) is 19.1. The Hall–Kier alpha value is -5.04. The zero-order valence-electron chi connectivity index (χ0n) is 22.0. The van der Waals surface area contributed by atoms with Gasteiger partial charge in [0.05, 0.1) is 28.8 Å². The van der Waals surface area contributed by atoms with E-state index in [4.69, 9.17) is 15.1 Å². The summed E-state index contributed by atoms with van der Waals surface area (Å²) in [5, 5.41) is 8.58. The highest BCUT2D eigenvalue weighted by Gasteiger charge is 2.41. The lowest BCUT2D eigenvalue weighted by Gasteiger charge is -2.40. The molecule has 0 unspecified atom stereocenters. The van der Waals surface area contributed by atoms with Crippen LogP contribution in [0.5, 0.6) is 0 Å². The van der Waals surface area contributed by atoms with Crippen LogP contribution in [-0.2, 0) is 0 Å². The number of fused-ring (bicyclic) bond motifs is 4. The second-order valence-electron chi connectivity index (χ2n) is 10.0. The molecule has 190 valence electrons. The lowest BCUT2D eigenvalue weighted by atomic mass is 9.94. The first-order valence-electron chi connectivity index (χ1n) is 13.0.